The van der Waals surface area contributed by atoms with E-state index in [0.29, 0.717) is 0 Å². The molecule has 1 aromatic carbocycles. The van der Waals surface area contributed by atoms with Gasteiger partial charge >= 0.3 is 12.1 Å². The number of esters is 1. The molecule has 0 fully saturated rings. The lowest BCUT2D eigenvalue weighted by atomic mass is 10.1. The number of benzene rings is 1. The van der Waals surface area contributed by atoms with Crippen molar-refractivity contribution in [1.82, 2.24) is 5.32 Å². The van der Waals surface area contributed by atoms with Crippen LogP contribution in [0.2, 0.25) is 0 Å². The molecule has 132 valence electrons. The Morgan fingerprint density at radius 3 is 2.29 bits per heavy atom. The molecule has 0 aliphatic rings. The first-order chi connectivity index (χ1) is 11.2. The molecule has 0 bridgehead atoms. The second kappa shape index (κ2) is 9.05. The van der Waals surface area contributed by atoms with Gasteiger partial charge in [-0.15, -0.1) is 0 Å². The van der Waals surface area contributed by atoms with Crippen LogP contribution >= 0.6 is 0 Å². The van der Waals surface area contributed by atoms with Crippen molar-refractivity contribution in [2.75, 3.05) is 0 Å². The fraction of sp³-hybridized carbons (Fsp3) is 0.500. The van der Waals surface area contributed by atoms with Crippen molar-refractivity contribution < 1.29 is 23.9 Å². The lowest BCUT2D eigenvalue weighted by Gasteiger charge is -2.24. The first-order valence-electron chi connectivity index (χ1n) is 7.87. The summed E-state index contributed by atoms with van der Waals surface area (Å²) in [6, 6.07) is 8.28. The third kappa shape index (κ3) is 8.31. The van der Waals surface area contributed by atoms with Gasteiger partial charge in [0, 0.05) is 6.42 Å². The van der Waals surface area contributed by atoms with E-state index in [4.69, 9.17) is 9.47 Å². The minimum absolute atomic E-state index is 0.0667. The Morgan fingerprint density at radius 1 is 1.12 bits per heavy atom. The van der Waals surface area contributed by atoms with Gasteiger partial charge < -0.3 is 19.6 Å². The predicted octanol–water partition coefficient (Wildman–Crippen LogP) is 2.99. The lowest BCUT2D eigenvalue weighted by molar-refractivity contribution is -0.157. The van der Waals surface area contributed by atoms with E-state index in [0.717, 1.165) is 5.56 Å². The van der Waals surface area contributed by atoms with Crippen molar-refractivity contribution in [3.63, 3.8) is 0 Å². The monoisotopic (exact) mass is 335 g/mol. The molecule has 1 aromatic rings. The molecule has 0 aliphatic carbocycles. The number of carbonyl (C=O) groups excluding carboxylic acids is 3. The van der Waals surface area contributed by atoms with Gasteiger partial charge in [-0.2, -0.15) is 0 Å². The largest absolute Gasteiger partial charge is 0.458 e. The summed E-state index contributed by atoms with van der Waals surface area (Å²) < 4.78 is 10.4. The first-order valence-corrected chi connectivity index (χ1v) is 7.87. The van der Waals surface area contributed by atoms with Crippen LogP contribution < -0.4 is 5.32 Å². The smallest absolute Gasteiger partial charge is 0.408 e. The summed E-state index contributed by atoms with van der Waals surface area (Å²) in [4.78, 5) is 35.2. The fourth-order valence-electron chi connectivity index (χ4n) is 1.88. The van der Waals surface area contributed by atoms with Crippen LogP contribution in [0.15, 0.2) is 30.3 Å². The highest BCUT2D eigenvalue weighted by atomic mass is 16.6. The summed E-state index contributed by atoms with van der Waals surface area (Å²) in [6.07, 6.45) is -0.383. The van der Waals surface area contributed by atoms with E-state index in [1.807, 2.05) is 30.3 Å². The van der Waals surface area contributed by atoms with Gasteiger partial charge in [-0.3, -0.25) is 0 Å². The van der Waals surface area contributed by atoms with Gasteiger partial charge in [0.1, 0.15) is 24.0 Å². The van der Waals surface area contributed by atoms with Gasteiger partial charge in [-0.25, -0.2) is 9.59 Å². The Kier molecular flexibility index (Phi) is 7.42. The number of ether oxygens (including phenoxy) is 2. The molecule has 1 rings (SSSR count). The normalized spacial score (nSPS) is 12.2. The Balaban J connectivity index is 2.60. The summed E-state index contributed by atoms with van der Waals surface area (Å²) in [6.45, 7) is 6.74. The van der Waals surface area contributed by atoms with Crippen molar-refractivity contribution in [2.45, 2.75) is 58.8 Å². The van der Waals surface area contributed by atoms with Crippen molar-refractivity contribution in [1.29, 1.82) is 0 Å². The average molecular weight is 335 g/mol. The van der Waals surface area contributed by atoms with Crippen molar-refractivity contribution in [3.8, 4) is 0 Å². The van der Waals surface area contributed by atoms with Crippen LogP contribution in [0.4, 0.5) is 4.79 Å². The molecule has 0 aliphatic heterocycles. The van der Waals surface area contributed by atoms with E-state index in [2.05, 4.69) is 5.32 Å². The van der Waals surface area contributed by atoms with E-state index in [9.17, 15) is 14.4 Å². The molecule has 0 aromatic heterocycles. The number of carbonyl (C=O) groups is 3. The maximum absolute atomic E-state index is 12.2. The van der Waals surface area contributed by atoms with E-state index in [-0.39, 0.29) is 25.2 Å². The molecular weight excluding hydrogens is 310 g/mol. The number of alkyl carbamates (subject to hydrolysis) is 1. The number of rotatable bonds is 7. The Morgan fingerprint density at radius 2 is 1.75 bits per heavy atom. The number of amides is 1. The number of hydrogen-bond acceptors (Lipinski definition) is 5. The maximum atomic E-state index is 12.2. The van der Waals surface area contributed by atoms with E-state index in [1.165, 1.54) is 6.92 Å². The standard InChI is InChI=1S/C18H25NO5/c1-13(20)10-11-15(16(21)24-18(2,3)4)19-17(22)23-12-14-8-6-5-7-9-14/h5-9,15H,10-12H2,1-4H3,(H,19,22)/t15-/m0/s1. The van der Waals surface area contributed by atoms with Gasteiger partial charge in [0.25, 0.3) is 0 Å². The van der Waals surface area contributed by atoms with Gasteiger partial charge in [-0.1, -0.05) is 30.3 Å². The van der Waals surface area contributed by atoms with Gasteiger partial charge in [0.15, 0.2) is 0 Å². The zero-order valence-corrected chi connectivity index (χ0v) is 14.6. The van der Waals surface area contributed by atoms with Crippen molar-refractivity contribution in [3.05, 3.63) is 35.9 Å². The lowest BCUT2D eigenvalue weighted by Crippen LogP contribution is -2.44. The van der Waals surface area contributed by atoms with E-state index in [1.54, 1.807) is 20.8 Å². The first kappa shape index (κ1) is 19.7. The van der Waals surface area contributed by atoms with Gasteiger partial charge in [0.05, 0.1) is 0 Å². The molecule has 0 spiro atoms. The topological polar surface area (TPSA) is 81.7 Å². The minimum Gasteiger partial charge on any atom is -0.458 e. The molecule has 6 nitrogen and oxygen atoms in total. The molecule has 0 saturated heterocycles. The average Bonchev–Trinajstić information content (AvgIpc) is 2.48. The highest BCUT2D eigenvalue weighted by Gasteiger charge is 2.27. The number of hydrogen-bond donors (Lipinski definition) is 1. The van der Waals surface area contributed by atoms with Crippen LogP contribution in [0.3, 0.4) is 0 Å². The highest BCUT2D eigenvalue weighted by Crippen LogP contribution is 2.11. The molecular formula is C18H25NO5. The molecule has 0 heterocycles. The van der Waals surface area contributed by atoms with Crippen LogP contribution in [0, 0.1) is 0 Å². The van der Waals surface area contributed by atoms with Crippen molar-refractivity contribution in [2.24, 2.45) is 0 Å². The summed E-state index contributed by atoms with van der Waals surface area (Å²) in [5, 5.41) is 2.48. The summed E-state index contributed by atoms with van der Waals surface area (Å²) in [5.41, 5.74) is 0.159. The van der Waals surface area contributed by atoms with Gasteiger partial charge in [-0.05, 0) is 39.7 Å². The third-order valence-corrected chi connectivity index (χ3v) is 2.98. The zero-order chi connectivity index (χ0) is 18.2. The van der Waals surface area contributed by atoms with Crippen LogP contribution in [-0.4, -0.2) is 29.5 Å². The SMILES string of the molecule is CC(=O)CC[C@H](NC(=O)OCc1ccccc1)C(=O)OC(C)(C)C. The van der Waals surface area contributed by atoms with E-state index < -0.39 is 23.7 Å². The molecule has 0 saturated carbocycles. The zero-order valence-electron chi connectivity index (χ0n) is 14.6. The van der Waals surface area contributed by atoms with Crippen LogP contribution in [-0.2, 0) is 25.7 Å². The minimum atomic E-state index is -0.920. The van der Waals surface area contributed by atoms with Gasteiger partial charge in [0.2, 0.25) is 0 Å². The summed E-state index contributed by atoms with van der Waals surface area (Å²) in [7, 11) is 0. The Hall–Kier alpha value is -2.37. The predicted molar refractivity (Wildman–Crippen MR) is 89.3 cm³/mol. The fourth-order valence-corrected chi connectivity index (χ4v) is 1.88. The molecule has 6 heteroatoms. The second-order valence-electron chi connectivity index (χ2n) is 6.53. The molecule has 0 radical (unpaired) electrons. The van der Waals surface area contributed by atoms with Crippen LogP contribution in [0.25, 0.3) is 0 Å². The number of ketones is 1. The van der Waals surface area contributed by atoms with Crippen molar-refractivity contribution >= 4 is 17.8 Å². The maximum Gasteiger partial charge on any atom is 0.408 e. The highest BCUT2D eigenvalue weighted by molar-refractivity contribution is 5.83. The molecule has 1 amide bonds. The second-order valence-corrected chi connectivity index (χ2v) is 6.53. The van der Waals surface area contributed by atoms with E-state index >= 15 is 0 Å². The van der Waals surface area contributed by atoms with Crippen LogP contribution in [0.5, 0.6) is 0 Å². The molecule has 1 atom stereocenters. The Bertz CT molecular complexity index is 563. The third-order valence-electron chi connectivity index (χ3n) is 2.98. The molecule has 24 heavy (non-hydrogen) atoms. The molecule has 1 N–H and O–H groups in total. The van der Waals surface area contributed by atoms with Crippen LogP contribution in [0.1, 0.15) is 46.1 Å². The number of nitrogens with one attached hydrogen (secondary N) is 1. The molecule has 0 unspecified atom stereocenters. The number of Topliss-reactive ketones (excluding diaryl/α,β-unsaturated/α-hetero) is 1. The summed E-state index contributed by atoms with van der Waals surface area (Å²) in [5.74, 6) is -0.650. The quantitative estimate of drug-likeness (QED) is 0.775. The Labute approximate surface area is 142 Å². The summed E-state index contributed by atoms with van der Waals surface area (Å²) >= 11 is 0.